The van der Waals surface area contributed by atoms with Gasteiger partial charge in [0.15, 0.2) is 0 Å². The molecule has 0 aliphatic carbocycles. The molecule has 26 heavy (non-hydrogen) atoms. The zero-order valence-corrected chi connectivity index (χ0v) is 14.9. The average molecular weight is 390 g/mol. The van der Waals surface area contributed by atoms with E-state index in [-0.39, 0.29) is 4.90 Å². The lowest BCUT2D eigenvalue weighted by Gasteiger charge is -2.12. The van der Waals surface area contributed by atoms with Crippen molar-refractivity contribution in [1.29, 1.82) is 0 Å². The summed E-state index contributed by atoms with van der Waals surface area (Å²) in [6, 6.07) is 7.71. The molecule has 5 nitrogen and oxygen atoms in total. The Kier molecular flexibility index (Phi) is 6.14. The number of hydrogen-bond acceptors (Lipinski definition) is 5. The second-order valence-electron chi connectivity index (χ2n) is 5.33. The molecule has 142 valence electrons. The topological polar surface area (TPSA) is 61.8 Å². The largest absolute Gasteiger partial charge is 0.491 e. The van der Waals surface area contributed by atoms with Gasteiger partial charge in [-0.15, -0.1) is 0 Å². The first-order valence-corrected chi connectivity index (χ1v) is 8.88. The molecule has 0 aliphatic heterocycles. The van der Waals surface area contributed by atoms with E-state index in [4.69, 9.17) is 13.7 Å². The van der Waals surface area contributed by atoms with E-state index in [9.17, 15) is 21.6 Å². The maximum atomic E-state index is 12.7. The highest BCUT2D eigenvalue weighted by atomic mass is 32.2. The summed E-state index contributed by atoms with van der Waals surface area (Å²) in [6.45, 7) is 2.31. The number of methoxy groups -OCH3 is 1. The third-order valence-corrected chi connectivity index (χ3v) is 4.59. The summed E-state index contributed by atoms with van der Waals surface area (Å²) in [7, 11) is -2.76. The van der Waals surface area contributed by atoms with Gasteiger partial charge in [0.1, 0.15) is 23.0 Å². The van der Waals surface area contributed by atoms with E-state index < -0.39 is 27.6 Å². The maximum absolute atomic E-state index is 12.7. The van der Waals surface area contributed by atoms with Gasteiger partial charge in [-0.1, -0.05) is 6.07 Å². The molecule has 2 aromatic rings. The lowest BCUT2D eigenvalue weighted by atomic mass is 10.2. The van der Waals surface area contributed by atoms with Crippen molar-refractivity contribution < 1.29 is 35.2 Å². The van der Waals surface area contributed by atoms with Gasteiger partial charge in [-0.25, -0.2) is 0 Å². The van der Waals surface area contributed by atoms with Gasteiger partial charge in [0.05, 0.1) is 12.2 Å². The molecule has 0 spiro atoms. The molecule has 2 aromatic carbocycles. The monoisotopic (exact) mass is 390 g/mol. The predicted octanol–water partition coefficient (Wildman–Crippen LogP) is 3.81. The van der Waals surface area contributed by atoms with Crippen molar-refractivity contribution in [2.45, 2.75) is 18.0 Å². The number of benzene rings is 2. The SMILES string of the molecule is COCCOc1ccc(S(=O)(=O)Oc2cccc(C(F)(F)F)c2)cc1C. The number of rotatable bonds is 7. The van der Waals surface area contributed by atoms with E-state index in [2.05, 4.69) is 0 Å². The molecule has 0 N–H and O–H groups in total. The van der Waals surface area contributed by atoms with Crippen LogP contribution in [-0.4, -0.2) is 28.7 Å². The lowest BCUT2D eigenvalue weighted by Crippen LogP contribution is -2.12. The van der Waals surface area contributed by atoms with E-state index in [1.807, 2.05) is 0 Å². The number of ether oxygens (including phenoxy) is 2. The molecule has 0 amide bonds. The van der Waals surface area contributed by atoms with Crippen molar-refractivity contribution in [3.05, 3.63) is 53.6 Å². The first-order chi connectivity index (χ1) is 12.1. The van der Waals surface area contributed by atoms with Crippen molar-refractivity contribution >= 4 is 10.1 Å². The van der Waals surface area contributed by atoms with Gasteiger partial charge in [0.2, 0.25) is 0 Å². The minimum absolute atomic E-state index is 0.188. The summed E-state index contributed by atoms with van der Waals surface area (Å²) >= 11 is 0. The molecule has 0 atom stereocenters. The van der Waals surface area contributed by atoms with Gasteiger partial charge in [-0.05, 0) is 48.9 Å². The zero-order chi connectivity index (χ0) is 19.4. The Labute approximate surface area is 149 Å². The molecule has 2 rings (SSSR count). The van der Waals surface area contributed by atoms with Gasteiger partial charge >= 0.3 is 16.3 Å². The van der Waals surface area contributed by atoms with Gasteiger partial charge in [0, 0.05) is 7.11 Å². The molecule has 0 bridgehead atoms. The summed E-state index contributed by atoms with van der Waals surface area (Å²) in [5.41, 5.74) is -0.460. The van der Waals surface area contributed by atoms with Crippen LogP contribution in [0.5, 0.6) is 11.5 Å². The van der Waals surface area contributed by atoms with Crippen molar-refractivity contribution in [1.82, 2.24) is 0 Å². The molecule has 0 unspecified atom stereocenters. The molecular weight excluding hydrogens is 373 g/mol. The highest BCUT2D eigenvalue weighted by Crippen LogP contribution is 2.32. The van der Waals surface area contributed by atoms with Gasteiger partial charge in [-0.3, -0.25) is 0 Å². The van der Waals surface area contributed by atoms with Crippen LogP contribution in [0.25, 0.3) is 0 Å². The van der Waals surface area contributed by atoms with E-state index in [0.717, 1.165) is 18.2 Å². The van der Waals surface area contributed by atoms with Crippen molar-refractivity contribution in [2.75, 3.05) is 20.3 Å². The van der Waals surface area contributed by atoms with Crippen LogP contribution in [0, 0.1) is 6.92 Å². The molecule has 0 saturated heterocycles. The molecule has 0 fully saturated rings. The van der Waals surface area contributed by atoms with Gasteiger partial charge in [-0.2, -0.15) is 21.6 Å². The molecule has 0 radical (unpaired) electrons. The molecule has 9 heteroatoms. The molecular formula is C17H17F3O5S. The van der Waals surface area contributed by atoms with Crippen LogP contribution in [0.4, 0.5) is 13.2 Å². The molecule has 0 aromatic heterocycles. The molecule has 0 aliphatic rings. The summed E-state index contributed by atoms with van der Waals surface area (Å²) in [4.78, 5) is -0.188. The normalized spacial score (nSPS) is 12.0. The van der Waals surface area contributed by atoms with Gasteiger partial charge < -0.3 is 13.7 Å². The highest BCUT2D eigenvalue weighted by Gasteiger charge is 2.31. The highest BCUT2D eigenvalue weighted by molar-refractivity contribution is 7.87. The van der Waals surface area contributed by atoms with Crippen LogP contribution in [-0.2, 0) is 21.0 Å². The van der Waals surface area contributed by atoms with Crippen LogP contribution >= 0.6 is 0 Å². The fourth-order valence-electron chi connectivity index (χ4n) is 2.07. The molecule has 0 heterocycles. The molecule has 0 saturated carbocycles. The number of halogens is 3. The number of hydrogen-bond donors (Lipinski definition) is 0. The van der Waals surface area contributed by atoms with Gasteiger partial charge in [0.25, 0.3) is 0 Å². The number of alkyl halides is 3. The summed E-state index contributed by atoms with van der Waals surface area (Å²) in [6.07, 6.45) is -4.60. The smallest absolute Gasteiger partial charge is 0.416 e. The van der Waals surface area contributed by atoms with E-state index in [1.54, 1.807) is 6.92 Å². The zero-order valence-electron chi connectivity index (χ0n) is 14.0. The van der Waals surface area contributed by atoms with E-state index >= 15 is 0 Å². The van der Waals surface area contributed by atoms with Crippen LogP contribution in [0.3, 0.4) is 0 Å². The van der Waals surface area contributed by atoms with Crippen LogP contribution in [0.2, 0.25) is 0 Å². The van der Waals surface area contributed by atoms with Crippen molar-refractivity contribution in [3.63, 3.8) is 0 Å². The second-order valence-corrected chi connectivity index (χ2v) is 6.88. The van der Waals surface area contributed by atoms with Crippen molar-refractivity contribution in [3.8, 4) is 11.5 Å². The first-order valence-electron chi connectivity index (χ1n) is 7.47. The standard InChI is InChI=1S/C17H17F3O5S/c1-12-10-15(6-7-16(12)24-9-8-23-2)26(21,22)25-14-5-3-4-13(11-14)17(18,19)20/h3-7,10-11H,8-9H2,1-2H3. The third kappa shape index (κ3) is 5.12. The summed E-state index contributed by atoms with van der Waals surface area (Å²) < 4.78 is 77.9. The van der Waals surface area contributed by atoms with E-state index in [1.165, 1.54) is 25.3 Å². The Bertz CT molecular complexity index is 863. The Morgan fingerprint density at radius 1 is 1.04 bits per heavy atom. The summed E-state index contributed by atoms with van der Waals surface area (Å²) in [5.74, 6) is 0.0537. The maximum Gasteiger partial charge on any atom is 0.416 e. The quantitative estimate of drug-likeness (QED) is 0.532. The van der Waals surface area contributed by atoms with Crippen LogP contribution in [0.15, 0.2) is 47.4 Å². The Hall–Kier alpha value is -2.26. The van der Waals surface area contributed by atoms with Crippen molar-refractivity contribution in [2.24, 2.45) is 0 Å². The average Bonchev–Trinajstić information content (AvgIpc) is 2.55. The van der Waals surface area contributed by atoms with E-state index in [0.29, 0.717) is 30.6 Å². The Morgan fingerprint density at radius 3 is 2.38 bits per heavy atom. The number of aryl methyl sites for hydroxylation is 1. The fourth-order valence-corrected chi connectivity index (χ4v) is 3.08. The summed E-state index contributed by atoms with van der Waals surface area (Å²) in [5, 5.41) is 0. The lowest BCUT2D eigenvalue weighted by molar-refractivity contribution is -0.137. The fraction of sp³-hybridized carbons (Fsp3) is 0.294. The predicted molar refractivity (Wildman–Crippen MR) is 87.8 cm³/mol. The van der Waals surface area contributed by atoms with Crippen LogP contribution in [0.1, 0.15) is 11.1 Å². The minimum atomic E-state index is -4.60. The Balaban J connectivity index is 2.21. The van der Waals surface area contributed by atoms with Crippen LogP contribution < -0.4 is 8.92 Å². The Morgan fingerprint density at radius 2 is 1.77 bits per heavy atom. The third-order valence-electron chi connectivity index (χ3n) is 3.35. The minimum Gasteiger partial charge on any atom is -0.491 e. The first kappa shape index (κ1) is 20.1. The second kappa shape index (κ2) is 7.96.